The van der Waals surface area contributed by atoms with Gasteiger partial charge in [-0.05, 0) is 26.0 Å². The van der Waals surface area contributed by atoms with Gasteiger partial charge >= 0.3 is 0 Å². The standard InChI is InChI=1S/C18H23FN4O/c1-22(12-14-6-2-5-9-16(14)19)13-18(24)21-17-10-11-20-23(17)15-7-3-4-8-15/h2,5-6,9-11,15H,3-4,7-8,12-13H2,1H3,(H,21,24). The Kier molecular flexibility index (Phi) is 5.25. The molecule has 24 heavy (non-hydrogen) atoms. The van der Waals surface area contributed by atoms with Gasteiger partial charge in [0, 0.05) is 18.2 Å². The third-order valence-electron chi connectivity index (χ3n) is 4.42. The number of rotatable bonds is 6. The molecule has 0 radical (unpaired) electrons. The molecular weight excluding hydrogens is 307 g/mol. The van der Waals surface area contributed by atoms with Gasteiger partial charge in [-0.3, -0.25) is 9.69 Å². The molecule has 6 heteroatoms. The van der Waals surface area contributed by atoms with Gasteiger partial charge in [0.15, 0.2) is 0 Å². The van der Waals surface area contributed by atoms with Gasteiger partial charge in [-0.15, -0.1) is 0 Å². The van der Waals surface area contributed by atoms with E-state index in [9.17, 15) is 9.18 Å². The normalized spacial score (nSPS) is 15.1. The first-order chi connectivity index (χ1) is 11.6. The summed E-state index contributed by atoms with van der Waals surface area (Å²) >= 11 is 0. The van der Waals surface area contributed by atoms with E-state index in [0.717, 1.165) is 18.7 Å². The van der Waals surface area contributed by atoms with Gasteiger partial charge in [-0.2, -0.15) is 5.10 Å². The van der Waals surface area contributed by atoms with Crippen molar-refractivity contribution >= 4 is 11.7 Å². The summed E-state index contributed by atoms with van der Waals surface area (Å²) in [6, 6.07) is 8.84. The minimum atomic E-state index is -0.246. The number of nitrogens with zero attached hydrogens (tertiary/aromatic N) is 3. The second-order valence-corrected chi connectivity index (χ2v) is 6.41. The van der Waals surface area contributed by atoms with Crippen LogP contribution in [0, 0.1) is 5.82 Å². The Labute approximate surface area is 141 Å². The second-order valence-electron chi connectivity index (χ2n) is 6.41. The Morgan fingerprint density at radius 1 is 1.33 bits per heavy atom. The number of nitrogens with one attached hydrogen (secondary N) is 1. The number of likely N-dealkylation sites (N-methyl/N-ethyl adjacent to an activating group) is 1. The summed E-state index contributed by atoms with van der Waals surface area (Å²) in [5.41, 5.74) is 0.587. The molecule has 1 fully saturated rings. The summed E-state index contributed by atoms with van der Waals surface area (Å²) in [6.07, 6.45) is 6.36. The maximum Gasteiger partial charge on any atom is 0.239 e. The van der Waals surface area contributed by atoms with Crippen LogP contribution in [-0.4, -0.2) is 34.2 Å². The van der Waals surface area contributed by atoms with E-state index >= 15 is 0 Å². The van der Waals surface area contributed by atoms with Gasteiger partial charge < -0.3 is 5.32 Å². The van der Waals surface area contributed by atoms with Gasteiger partial charge in [0.2, 0.25) is 5.91 Å². The van der Waals surface area contributed by atoms with Crippen LogP contribution in [0.25, 0.3) is 0 Å². The highest BCUT2D eigenvalue weighted by atomic mass is 19.1. The van der Waals surface area contributed by atoms with Crippen LogP contribution in [0.15, 0.2) is 36.5 Å². The summed E-state index contributed by atoms with van der Waals surface area (Å²) in [5, 5.41) is 7.27. The second kappa shape index (κ2) is 7.57. The number of hydrogen-bond donors (Lipinski definition) is 1. The summed E-state index contributed by atoms with van der Waals surface area (Å²) in [6.45, 7) is 0.589. The third kappa shape index (κ3) is 4.00. The largest absolute Gasteiger partial charge is 0.310 e. The minimum Gasteiger partial charge on any atom is -0.310 e. The monoisotopic (exact) mass is 330 g/mol. The number of amides is 1. The van der Waals surface area contributed by atoms with Gasteiger partial charge in [-0.1, -0.05) is 31.0 Å². The van der Waals surface area contributed by atoms with Crippen LogP contribution < -0.4 is 5.32 Å². The first-order valence-electron chi connectivity index (χ1n) is 8.39. The molecule has 128 valence electrons. The Morgan fingerprint density at radius 2 is 2.08 bits per heavy atom. The average Bonchev–Trinajstić information content (AvgIpc) is 3.20. The highest BCUT2D eigenvalue weighted by Crippen LogP contribution is 2.31. The zero-order chi connectivity index (χ0) is 16.9. The molecule has 1 heterocycles. The number of carbonyl (C=O) groups excluding carboxylic acids is 1. The predicted octanol–water partition coefficient (Wildman–Crippen LogP) is 3.21. The van der Waals surface area contributed by atoms with Crippen molar-refractivity contribution in [2.24, 2.45) is 0 Å². The molecular formula is C18H23FN4O. The number of aromatic nitrogens is 2. The van der Waals surface area contributed by atoms with Crippen molar-refractivity contribution in [1.82, 2.24) is 14.7 Å². The molecule has 1 aromatic carbocycles. The summed E-state index contributed by atoms with van der Waals surface area (Å²) < 4.78 is 15.6. The van der Waals surface area contributed by atoms with E-state index in [1.54, 1.807) is 36.3 Å². The molecule has 0 spiro atoms. The van der Waals surface area contributed by atoms with Crippen LogP contribution in [-0.2, 0) is 11.3 Å². The topological polar surface area (TPSA) is 50.2 Å². The van der Waals surface area contributed by atoms with Crippen LogP contribution >= 0.6 is 0 Å². The van der Waals surface area contributed by atoms with E-state index in [2.05, 4.69) is 10.4 Å². The van der Waals surface area contributed by atoms with Crippen LogP contribution in [0.4, 0.5) is 10.2 Å². The van der Waals surface area contributed by atoms with E-state index in [-0.39, 0.29) is 18.3 Å². The molecule has 1 saturated carbocycles. The minimum absolute atomic E-state index is 0.117. The highest BCUT2D eigenvalue weighted by molar-refractivity contribution is 5.91. The fraction of sp³-hybridized carbons (Fsp3) is 0.444. The molecule has 0 atom stereocenters. The van der Waals surface area contributed by atoms with Crippen molar-refractivity contribution in [1.29, 1.82) is 0 Å². The lowest BCUT2D eigenvalue weighted by atomic mass is 10.2. The number of halogens is 1. The quantitative estimate of drug-likeness (QED) is 0.885. The predicted molar refractivity (Wildman–Crippen MR) is 91.1 cm³/mol. The molecule has 0 bridgehead atoms. The lowest BCUT2D eigenvalue weighted by Crippen LogP contribution is -2.31. The maximum atomic E-state index is 13.7. The Morgan fingerprint density at radius 3 is 2.83 bits per heavy atom. The first-order valence-corrected chi connectivity index (χ1v) is 8.39. The summed E-state index contributed by atoms with van der Waals surface area (Å²) in [4.78, 5) is 14.1. The van der Waals surface area contributed by atoms with Crippen molar-refractivity contribution < 1.29 is 9.18 Å². The van der Waals surface area contributed by atoms with E-state index in [0.29, 0.717) is 18.2 Å². The Bertz CT molecular complexity index is 694. The van der Waals surface area contributed by atoms with Gasteiger partial charge in [0.25, 0.3) is 0 Å². The molecule has 1 amide bonds. The van der Waals surface area contributed by atoms with Crippen molar-refractivity contribution in [3.05, 3.63) is 47.9 Å². The smallest absolute Gasteiger partial charge is 0.239 e. The number of benzene rings is 1. The zero-order valence-electron chi connectivity index (χ0n) is 13.9. The van der Waals surface area contributed by atoms with E-state index in [1.807, 2.05) is 10.7 Å². The van der Waals surface area contributed by atoms with E-state index in [1.165, 1.54) is 18.9 Å². The zero-order valence-corrected chi connectivity index (χ0v) is 13.9. The van der Waals surface area contributed by atoms with Gasteiger partial charge in [-0.25, -0.2) is 9.07 Å². The van der Waals surface area contributed by atoms with Crippen molar-refractivity contribution in [3.63, 3.8) is 0 Å². The molecule has 0 saturated heterocycles. The molecule has 1 N–H and O–H groups in total. The van der Waals surface area contributed by atoms with E-state index in [4.69, 9.17) is 0 Å². The molecule has 1 aromatic heterocycles. The van der Waals surface area contributed by atoms with Crippen molar-refractivity contribution in [3.8, 4) is 0 Å². The molecule has 1 aliphatic carbocycles. The van der Waals surface area contributed by atoms with Crippen molar-refractivity contribution in [2.45, 2.75) is 38.3 Å². The lowest BCUT2D eigenvalue weighted by molar-refractivity contribution is -0.117. The molecule has 3 rings (SSSR count). The molecule has 1 aliphatic rings. The fourth-order valence-electron chi connectivity index (χ4n) is 3.25. The Balaban J connectivity index is 1.56. The van der Waals surface area contributed by atoms with Gasteiger partial charge in [0.05, 0.1) is 18.8 Å². The van der Waals surface area contributed by atoms with Crippen LogP contribution in [0.1, 0.15) is 37.3 Å². The lowest BCUT2D eigenvalue weighted by Gasteiger charge is -2.18. The fourth-order valence-corrected chi connectivity index (χ4v) is 3.25. The SMILES string of the molecule is CN(CC(=O)Nc1ccnn1C1CCCC1)Cc1ccccc1F. The Hall–Kier alpha value is -2.21. The maximum absolute atomic E-state index is 13.7. The van der Waals surface area contributed by atoms with Crippen LogP contribution in [0.2, 0.25) is 0 Å². The summed E-state index contributed by atoms with van der Waals surface area (Å²) in [5.74, 6) is 0.379. The molecule has 5 nitrogen and oxygen atoms in total. The summed E-state index contributed by atoms with van der Waals surface area (Å²) in [7, 11) is 1.81. The average molecular weight is 330 g/mol. The molecule has 0 aliphatic heterocycles. The first kappa shape index (κ1) is 16.6. The van der Waals surface area contributed by atoms with E-state index < -0.39 is 0 Å². The number of carbonyl (C=O) groups is 1. The third-order valence-corrected chi connectivity index (χ3v) is 4.42. The van der Waals surface area contributed by atoms with Gasteiger partial charge in [0.1, 0.15) is 11.6 Å². The van der Waals surface area contributed by atoms with Crippen molar-refractivity contribution in [2.75, 3.05) is 18.9 Å². The molecule has 2 aromatic rings. The number of hydrogen-bond acceptors (Lipinski definition) is 3. The van der Waals surface area contributed by atoms with Crippen LogP contribution in [0.3, 0.4) is 0 Å². The number of anilines is 1. The highest BCUT2D eigenvalue weighted by Gasteiger charge is 2.20. The molecule has 0 unspecified atom stereocenters. The van der Waals surface area contributed by atoms with Crippen LogP contribution in [0.5, 0.6) is 0 Å².